The molecule has 14 heteroatoms. The largest absolute Gasteiger partial charge is 0.598 e. The van der Waals surface area contributed by atoms with E-state index in [0.29, 0.717) is 19.6 Å². The quantitative estimate of drug-likeness (QED) is 0.328. The van der Waals surface area contributed by atoms with E-state index >= 15 is 8.78 Å². The summed E-state index contributed by atoms with van der Waals surface area (Å²) in [6, 6.07) is 0.0415. The van der Waals surface area contributed by atoms with Crippen LogP contribution in [0.1, 0.15) is 51.6 Å². The predicted molar refractivity (Wildman–Crippen MR) is 138 cm³/mol. The smallest absolute Gasteiger partial charge is 0.331 e. The first-order valence-electron chi connectivity index (χ1n) is 13.0. The van der Waals surface area contributed by atoms with Gasteiger partial charge in [0.25, 0.3) is 5.91 Å². The van der Waals surface area contributed by atoms with Crippen molar-refractivity contribution in [1.82, 2.24) is 14.9 Å². The molecule has 0 spiro atoms. The van der Waals surface area contributed by atoms with Gasteiger partial charge >= 0.3 is 6.03 Å². The van der Waals surface area contributed by atoms with Gasteiger partial charge in [0.1, 0.15) is 28.5 Å². The van der Waals surface area contributed by atoms with Gasteiger partial charge in [-0.05, 0) is 51.8 Å². The van der Waals surface area contributed by atoms with Crippen molar-refractivity contribution in [3.8, 4) is 5.75 Å². The molecule has 0 aromatic heterocycles. The molecule has 3 aliphatic heterocycles. The van der Waals surface area contributed by atoms with Crippen molar-refractivity contribution in [2.45, 2.75) is 69.1 Å². The van der Waals surface area contributed by atoms with Crippen molar-refractivity contribution in [2.24, 2.45) is 5.92 Å². The van der Waals surface area contributed by atoms with Gasteiger partial charge in [0.2, 0.25) is 5.91 Å². The van der Waals surface area contributed by atoms with Gasteiger partial charge in [0, 0.05) is 42.6 Å². The first-order valence-corrected chi connectivity index (χ1v) is 14.2. The Kier molecular flexibility index (Phi) is 9.45. The second-order valence-electron chi connectivity index (χ2n) is 10.8. The molecule has 2 N–H and O–H groups in total. The number of Topliss-reactive ketones (excluding diaryl/α,β-unsaturated/α-hetero) is 1. The summed E-state index contributed by atoms with van der Waals surface area (Å²) >= 11 is -2.00. The van der Waals surface area contributed by atoms with E-state index in [1.54, 1.807) is 20.8 Å². The van der Waals surface area contributed by atoms with Gasteiger partial charge in [-0.3, -0.25) is 24.6 Å². The van der Waals surface area contributed by atoms with Crippen LogP contribution in [0.5, 0.6) is 5.75 Å². The summed E-state index contributed by atoms with van der Waals surface area (Å²) in [5, 5.41) is 1.96. The second kappa shape index (κ2) is 12.5. The normalized spacial score (nSPS) is 24.9. The SMILES string of the molecule is CC(C)(C)[S@@+]([O-])NC(c1cc(O[C@H]2CCOC2)ccc1F)C(F)C(=O)C1C(=O)NC(=O)N(C2CCOCC2)C1=O. The molecule has 1 aromatic carbocycles. The van der Waals surface area contributed by atoms with Crippen molar-refractivity contribution in [3.63, 3.8) is 0 Å². The highest BCUT2D eigenvalue weighted by atomic mass is 32.2. The van der Waals surface area contributed by atoms with Crippen molar-refractivity contribution in [1.29, 1.82) is 0 Å². The maximum atomic E-state index is 16.2. The number of nitrogens with zero attached hydrogens (tertiary/aromatic N) is 1. The van der Waals surface area contributed by atoms with Crippen LogP contribution < -0.4 is 14.8 Å². The molecule has 0 saturated carbocycles. The van der Waals surface area contributed by atoms with Crippen LogP contribution in [0, 0.1) is 11.7 Å². The van der Waals surface area contributed by atoms with E-state index in [2.05, 4.69) is 4.72 Å². The minimum atomic E-state index is -2.70. The number of ketones is 1. The number of alkyl halides is 1. The number of carbonyl (C=O) groups excluding carboxylic acids is 4. The summed E-state index contributed by atoms with van der Waals surface area (Å²) in [6.45, 7) is 6.09. The number of ether oxygens (including phenoxy) is 3. The van der Waals surface area contributed by atoms with Crippen LogP contribution in [-0.2, 0) is 35.2 Å². The maximum Gasteiger partial charge on any atom is 0.331 e. The Morgan fingerprint density at radius 1 is 1.18 bits per heavy atom. The number of carbonyl (C=O) groups is 4. The van der Waals surface area contributed by atoms with E-state index in [9.17, 15) is 23.7 Å². The number of amides is 4. The molecule has 40 heavy (non-hydrogen) atoms. The number of hydrogen-bond acceptors (Lipinski definition) is 9. The fourth-order valence-electron chi connectivity index (χ4n) is 4.66. The Balaban J connectivity index is 1.65. The van der Waals surface area contributed by atoms with Crippen LogP contribution in [0.25, 0.3) is 0 Å². The van der Waals surface area contributed by atoms with E-state index in [4.69, 9.17) is 14.2 Å². The molecule has 4 rings (SSSR count). The minimum absolute atomic E-state index is 0.169. The van der Waals surface area contributed by atoms with Gasteiger partial charge in [-0.25, -0.2) is 13.6 Å². The summed E-state index contributed by atoms with van der Waals surface area (Å²) in [5.41, 5.74) is -0.379. The molecule has 3 aliphatic rings. The van der Waals surface area contributed by atoms with E-state index in [-0.39, 0.29) is 43.5 Å². The lowest BCUT2D eigenvalue weighted by atomic mass is 9.89. The number of nitrogens with one attached hydrogen (secondary N) is 2. The zero-order valence-corrected chi connectivity index (χ0v) is 23.3. The van der Waals surface area contributed by atoms with Crippen LogP contribution in [0.4, 0.5) is 13.6 Å². The Labute approximate surface area is 233 Å². The third kappa shape index (κ3) is 6.62. The molecular weight excluding hydrogens is 552 g/mol. The highest BCUT2D eigenvalue weighted by molar-refractivity contribution is 7.90. The van der Waals surface area contributed by atoms with Crippen molar-refractivity contribution < 1.29 is 46.7 Å². The molecule has 3 saturated heterocycles. The van der Waals surface area contributed by atoms with Gasteiger partial charge in [-0.2, -0.15) is 0 Å². The van der Waals surface area contributed by atoms with Crippen molar-refractivity contribution in [2.75, 3.05) is 26.4 Å². The van der Waals surface area contributed by atoms with Crippen LogP contribution in [0.3, 0.4) is 0 Å². The number of urea groups is 1. The second-order valence-corrected chi connectivity index (χ2v) is 12.8. The molecule has 0 radical (unpaired) electrons. The highest BCUT2D eigenvalue weighted by Gasteiger charge is 2.51. The van der Waals surface area contributed by atoms with E-state index in [1.807, 2.05) is 5.32 Å². The molecule has 5 atom stereocenters. The van der Waals surface area contributed by atoms with E-state index < -0.39 is 69.7 Å². The van der Waals surface area contributed by atoms with Crippen LogP contribution in [0.15, 0.2) is 18.2 Å². The number of rotatable bonds is 9. The summed E-state index contributed by atoms with van der Waals surface area (Å²) in [6.07, 6.45) is -1.85. The van der Waals surface area contributed by atoms with Crippen LogP contribution in [-0.4, -0.2) is 82.6 Å². The lowest BCUT2D eigenvalue weighted by Crippen LogP contribution is -2.64. The zero-order chi connectivity index (χ0) is 29.2. The van der Waals surface area contributed by atoms with Gasteiger partial charge in [0.05, 0.1) is 13.2 Å². The Morgan fingerprint density at radius 3 is 2.48 bits per heavy atom. The highest BCUT2D eigenvalue weighted by Crippen LogP contribution is 2.32. The van der Waals surface area contributed by atoms with Crippen LogP contribution in [0.2, 0.25) is 0 Å². The maximum absolute atomic E-state index is 16.2. The fraction of sp³-hybridized carbons (Fsp3) is 0.615. The summed E-state index contributed by atoms with van der Waals surface area (Å²) in [4.78, 5) is 52.6. The summed E-state index contributed by atoms with van der Waals surface area (Å²) in [7, 11) is 0. The van der Waals surface area contributed by atoms with Gasteiger partial charge < -0.3 is 18.8 Å². The van der Waals surface area contributed by atoms with Gasteiger partial charge in [-0.1, -0.05) is 0 Å². The van der Waals surface area contributed by atoms with E-state index in [0.717, 1.165) is 11.0 Å². The van der Waals surface area contributed by atoms with E-state index in [1.165, 1.54) is 12.1 Å². The molecule has 3 heterocycles. The molecule has 220 valence electrons. The lowest BCUT2D eigenvalue weighted by molar-refractivity contribution is -0.151. The molecule has 0 aliphatic carbocycles. The Bertz CT molecular complexity index is 1140. The minimum Gasteiger partial charge on any atom is -0.598 e. The van der Waals surface area contributed by atoms with Gasteiger partial charge in [-0.15, -0.1) is 4.72 Å². The lowest BCUT2D eigenvalue weighted by Gasteiger charge is -2.37. The molecule has 3 fully saturated rings. The molecular formula is C26H33F2N3O8S. The average Bonchev–Trinajstić information content (AvgIpc) is 3.41. The fourth-order valence-corrected chi connectivity index (χ4v) is 5.49. The summed E-state index contributed by atoms with van der Waals surface area (Å²) < 4.78 is 62.2. The standard InChI is InChI=1S/C26H33F2N3O8S/c1-26(2,3)40(36)30-21(17-12-15(4-5-18(17)27)39-16-8-11-38-13-16)20(28)22(32)19-23(33)29-25(35)31(24(19)34)14-6-9-37-10-7-14/h4-5,12,14,16,19-21,30H,6-11,13H2,1-3H3,(H,29,33,35)/t16-,19?,20?,21?,40+/m0/s1. The average molecular weight is 586 g/mol. The van der Waals surface area contributed by atoms with Crippen molar-refractivity contribution >= 4 is 35.0 Å². The molecule has 11 nitrogen and oxygen atoms in total. The van der Waals surface area contributed by atoms with Gasteiger partial charge in [0.15, 0.2) is 17.9 Å². The monoisotopic (exact) mass is 585 g/mol. The predicted octanol–water partition coefficient (Wildman–Crippen LogP) is 1.87. The first kappa shape index (κ1) is 30.3. The number of halogens is 2. The number of imide groups is 2. The third-order valence-corrected chi connectivity index (χ3v) is 8.46. The van der Waals surface area contributed by atoms with Crippen molar-refractivity contribution in [3.05, 3.63) is 29.6 Å². The number of barbiturate groups is 1. The molecule has 4 amide bonds. The number of benzene rings is 1. The number of hydrogen-bond donors (Lipinski definition) is 2. The topological polar surface area (TPSA) is 146 Å². The Hall–Kier alpha value is -2.65. The zero-order valence-electron chi connectivity index (χ0n) is 22.4. The first-order chi connectivity index (χ1) is 18.9. The molecule has 3 unspecified atom stereocenters. The summed E-state index contributed by atoms with van der Waals surface area (Å²) in [5.74, 6) is -6.88. The molecule has 0 bridgehead atoms. The van der Waals surface area contributed by atoms with Crippen LogP contribution >= 0.6 is 0 Å². The molecule has 1 aromatic rings. The third-order valence-electron chi connectivity index (χ3n) is 6.88. The Morgan fingerprint density at radius 2 is 1.85 bits per heavy atom.